The summed E-state index contributed by atoms with van der Waals surface area (Å²) in [4.78, 5) is 57.7. The molecule has 2 saturated heterocycles. The Hall–Kier alpha value is -5.11. The summed E-state index contributed by atoms with van der Waals surface area (Å²) in [6.45, 7) is 10.3. The summed E-state index contributed by atoms with van der Waals surface area (Å²) >= 11 is 6.01. The first-order chi connectivity index (χ1) is 26.3. The van der Waals surface area contributed by atoms with Gasteiger partial charge in [0.25, 0.3) is 17.6 Å². The van der Waals surface area contributed by atoms with Crippen LogP contribution in [0.25, 0.3) is 11.0 Å². The Morgan fingerprint density at radius 1 is 1.07 bits per heavy atom. The molecule has 3 aromatic rings. The van der Waals surface area contributed by atoms with E-state index in [-0.39, 0.29) is 59.8 Å². The topological polar surface area (TPSA) is 219 Å². The molecular formula is C35H48ClF3N9O8+. The Morgan fingerprint density at radius 3 is 2.34 bits per heavy atom. The van der Waals surface area contributed by atoms with Crippen LogP contribution in [0.4, 0.5) is 29.6 Å². The Morgan fingerprint density at radius 2 is 1.77 bits per heavy atom. The number of aryl methyl sites for hydroxylation is 1. The molecule has 1 unspecified atom stereocenters. The van der Waals surface area contributed by atoms with Gasteiger partial charge in [-0.05, 0) is 65.5 Å². The van der Waals surface area contributed by atoms with Gasteiger partial charge in [0.1, 0.15) is 18.7 Å². The molecule has 6 N–H and O–H groups in total. The molecule has 3 amide bonds. The molecule has 308 valence electrons. The highest BCUT2D eigenvalue weighted by Crippen LogP contribution is 2.27. The first-order valence-corrected chi connectivity index (χ1v) is 18.3. The number of nitrogen functional groups attached to an aromatic ring is 2. The molecule has 4 heterocycles. The number of methoxy groups -OCH3 is 1. The van der Waals surface area contributed by atoms with E-state index in [2.05, 4.69) is 34.5 Å². The van der Waals surface area contributed by atoms with Crippen LogP contribution in [0.3, 0.4) is 0 Å². The predicted molar refractivity (Wildman–Crippen MR) is 196 cm³/mol. The molecule has 1 aromatic carbocycles. The number of carbonyl (C=O) groups is 4. The number of aromatic nitrogens is 4. The second kappa shape index (κ2) is 18.7. The van der Waals surface area contributed by atoms with Gasteiger partial charge in [0, 0.05) is 25.7 Å². The van der Waals surface area contributed by atoms with E-state index in [9.17, 15) is 32.3 Å². The summed E-state index contributed by atoms with van der Waals surface area (Å²) in [7, 11) is 0.676. The number of nitrogens with zero attached hydrogens (tertiary/aromatic N) is 5. The summed E-state index contributed by atoms with van der Waals surface area (Å²) in [5.74, 6) is -1.83. The van der Waals surface area contributed by atoms with Gasteiger partial charge in [-0.2, -0.15) is 13.2 Å². The largest absolute Gasteiger partial charge is 0.490 e. The number of rotatable bonds is 10. The highest BCUT2D eigenvalue weighted by molar-refractivity contribution is 6.31. The average molecular weight is 815 g/mol. The molecule has 2 aliphatic heterocycles. The second-order valence-corrected chi connectivity index (χ2v) is 14.3. The van der Waals surface area contributed by atoms with Gasteiger partial charge in [-0.1, -0.05) is 17.7 Å². The summed E-state index contributed by atoms with van der Waals surface area (Å²) in [6, 6.07) is 5.61. The quantitative estimate of drug-likeness (QED) is 0.171. The molecule has 0 aliphatic carbocycles. The number of carbonyl (C=O) groups excluding carboxylic acids is 4. The van der Waals surface area contributed by atoms with E-state index >= 15 is 0 Å². The Balaban J connectivity index is 0.000000784. The fourth-order valence-corrected chi connectivity index (χ4v) is 6.30. The standard InChI is InChI=1S/C32H44ClN9O6.C3H3F3O2/c1-5-41-24(16-36-30(44)25-28(34)39-29(35)27(33)38-25)42(17-20-8-7-15-46-20)21-9-6-10-22(26(21)41)47-18-23(43)37-19-11-13-40(14-12-19)31(45)48-32(2,3)4;1-8-2(7)3(4,5)6/h6,9-10,19-20H,5,7-8,11-18H2,1-4H3,(H5-,34,35,36,37,39,43,44);1H3/p+1. The van der Waals surface area contributed by atoms with Crippen molar-refractivity contribution in [3.8, 4) is 5.75 Å². The lowest BCUT2D eigenvalue weighted by atomic mass is 10.1. The van der Waals surface area contributed by atoms with Crippen molar-refractivity contribution < 1.29 is 55.9 Å². The van der Waals surface area contributed by atoms with Crippen molar-refractivity contribution in [1.82, 2.24) is 30.1 Å². The molecule has 21 heteroatoms. The molecule has 17 nitrogen and oxygen atoms in total. The number of benzene rings is 1. The lowest BCUT2D eigenvalue weighted by Crippen LogP contribution is -2.48. The molecule has 56 heavy (non-hydrogen) atoms. The zero-order chi connectivity index (χ0) is 41.4. The summed E-state index contributed by atoms with van der Waals surface area (Å²) < 4.78 is 58.0. The number of esters is 1. The van der Waals surface area contributed by atoms with Crippen LogP contribution in [0.2, 0.25) is 5.15 Å². The highest BCUT2D eigenvalue weighted by atomic mass is 35.5. The first-order valence-electron chi connectivity index (χ1n) is 17.9. The van der Waals surface area contributed by atoms with Crippen molar-refractivity contribution in [2.24, 2.45) is 0 Å². The third-order valence-corrected chi connectivity index (χ3v) is 8.98. The number of nitrogens with one attached hydrogen (secondary N) is 2. The first kappa shape index (κ1) is 43.6. The Bertz CT molecular complexity index is 1890. The second-order valence-electron chi connectivity index (χ2n) is 13.9. The Labute approximate surface area is 326 Å². The molecule has 0 spiro atoms. The van der Waals surface area contributed by atoms with Gasteiger partial charge in [-0.25, -0.2) is 28.7 Å². The molecule has 2 aromatic heterocycles. The summed E-state index contributed by atoms with van der Waals surface area (Å²) in [5.41, 5.74) is 12.6. The number of halogens is 4. The van der Waals surface area contributed by atoms with Crippen molar-refractivity contribution in [3.63, 3.8) is 0 Å². The van der Waals surface area contributed by atoms with E-state index in [1.54, 1.807) is 4.90 Å². The third kappa shape index (κ3) is 11.5. The number of hydrogen-bond donors (Lipinski definition) is 4. The predicted octanol–water partition coefficient (Wildman–Crippen LogP) is 3.28. The minimum absolute atomic E-state index is 0.00913. The van der Waals surface area contributed by atoms with E-state index in [1.807, 2.05) is 45.9 Å². The summed E-state index contributed by atoms with van der Waals surface area (Å²) in [5, 5.41) is 5.83. The smallest absolute Gasteiger partial charge is 0.479 e. The maximum atomic E-state index is 13.2. The molecular weight excluding hydrogens is 767 g/mol. The van der Waals surface area contributed by atoms with Gasteiger partial charge in [0.2, 0.25) is 5.52 Å². The van der Waals surface area contributed by atoms with Gasteiger partial charge >= 0.3 is 18.2 Å². The van der Waals surface area contributed by atoms with Gasteiger partial charge in [-0.15, -0.1) is 0 Å². The number of alkyl halides is 3. The molecule has 0 saturated carbocycles. The minimum Gasteiger partial charge on any atom is -0.479 e. The molecule has 2 fully saturated rings. The Kier molecular flexibility index (Phi) is 14.6. The van der Waals surface area contributed by atoms with E-state index in [0.717, 1.165) is 29.7 Å². The average Bonchev–Trinajstić information content (AvgIpc) is 3.76. The van der Waals surface area contributed by atoms with E-state index in [1.165, 1.54) is 0 Å². The van der Waals surface area contributed by atoms with Crippen LogP contribution in [-0.2, 0) is 43.4 Å². The SMILES string of the molecule is CC[n+]1c(CNC(=O)c2nc(Cl)c(N)nc2N)n(CC2CCCO2)c2cccc(OCC(=O)NC3CCN(C(=O)OC(C)(C)C)CC3)c21.COC(=O)C(F)(F)F. The fraction of sp³-hybridized carbons (Fsp3) is 0.571. The van der Waals surface area contributed by atoms with Crippen LogP contribution in [0, 0.1) is 0 Å². The van der Waals surface area contributed by atoms with E-state index < -0.39 is 23.7 Å². The minimum atomic E-state index is -4.85. The number of nitrogens with two attached hydrogens (primary N) is 2. The zero-order valence-electron chi connectivity index (χ0n) is 31.8. The van der Waals surface area contributed by atoms with Crippen LogP contribution < -0.4 is 31.4 Å². The van der Waals surface area contributed by atoms with Gasteiger partial charge in [-0.3, -0.25) is 9.59 Å². The molecule has 5 rings (SSSR count). The third-order valence-electron chi connectivity index (χ3n) is 8.70. The number of para-hydroxylation sites is 1. The number of hydrogen-bond acceptors (Lipinski definition) is 12. The number of amides is 3. The lowest BCUT2D eigenvalue weighted by molar-refractivity contribution is -0.676. The van der Waals surface area contributed by atoms with Crippen LogP contribution in [0.1, 0.15) is 69.7 Å². The number of fused-ring (bicyclic) bond motifs is 1. The van der Waals surface area contributed by atoms with Gasteiger partial charge < -0.3 is 45.9 Å². The van der Waals surface area contributed by atoms with Crippen LogP contribution in [-0.4, -0.2) is 101 Å². The van der Waals surface area contributed by atoms with Crippen molar-refractivity contribution in [1.29, 1.82) is 0 Å². The number of piperidine rings is 1. The number of imidazole rings is 1. The van der Waals surface area contributed by atoms with Crippen molar-refractivity contribution >= 4 is 58.1 Å². The van der Waals surface area contributed by atoms with Crippen molar-refractivity contribution in [3.05, 3.63) is 34.9 Å². The zero-order valence-corrected chi connectivity index (χ0v) is 32.6. The van der Waals surface area contributed by atoms with Crippen LogP contribution >= 0.6 is 11.6 Å². The number of anilines is 2. The van der Waals surface area contributed by atoms with Crippen molar-refractivity contribution in [2.75, 3.05) is 44.9 Å². The maximum Gasteiger partial charge on any atom is 0.490 e. The van der Waals surface area contributed by atoms with Gasteiger partial charge in [0.15, 0.2) is 40.4 Å². The molecule has 0 bridgehead atoms. The van der Waals surface area contributed by atoms with Gasteiger partial charge in [0.05, 0.1) is 19.8 Å². The summed E-state index contributed by atoms with van der Waals surface area (Å²) in [6.07, 6.45) is -2.05. The fourth-order valence-electron chi connectivity index (χ4n) is 6.17. The molecule has 1 atom stereocenters. The highest BCUT2D eigenvalue weighted by Gasteiger charge is 2.40. The lowest BCUT2D eigenvalue weighted by Gasteiger charge is -2.33. The molecule has 0 radical (unpaired) electrons. The van der Waals surface area contributed by atoms with Crippen molar-refractivity contribution in [2.45, 2.75) is 96.9 Å². The number of ether oxygens (including phenoxy) is 4. The normalized spacial score (nSPS) is 16.2. The van der Waals surface area contributed by atoms with Crippen LogP contribution in [0.15, 0.2) is 18.2 Å². The monoisotopic (exact) mass is 814 g/mol. The number of likely N-dealkylation sites (tertiary alicyclic amines) is 1. The van der Waals surface area contributed by atoms with E-state index in [0.29, 0.717) is 58.5 Å². The van der Waals surface area contributed by atoms with Crippen LogP contribution in [0.5, 0.6) is 5.75 Å². The van der Waals surface area contributed by atoms with E-state index in [4.69, 9.17) is 37.3 Å². The molecule has 2 aliphatic rings. The maximum absolute atomic E-state index is 13.2.